The van der Waals surface area contributed by atoms with Crippen molar-refractivity contribution in [1.82, 2.24) is 10.2 Å². The predicted octanol–water partition coefficient (Wildman–Crippen LogP) is 4.78. The quantitative estimate of drug-likeness (QED) is 0.602. The summed E-state index contributed by atoms with van der Waals surface area (Å²) in [7, 11) is 0. The van der Waals surface area contributed by atoms with Gasteiger partial charge in [-0.05, 0) is 49.1 Å². The van der Waals surface area contributed by atoms with Crippen LogP contribution in [-0.4, -0.2) is 41.1 Å². The number of hydrogen-bond acceptors (Lipinski definition) is 3. The first-order chi connectivity index (χ1) is 15.7. The van der Waals surface area contributed by atoms with E-state index in [9.17, 15) is 14.7 Å². The third-order valence-corrected chi connectivity index (χ3v) is 7.52. The number of anilines is 1. The van der Waals surface area contributed by atoms with Gasteiger partial charge in [-0.2, -0.15) is 0 Å². The number of aliphatic hydroxyl groups is 1. The van der Waals surface area contributed by atoms with Gasteiger partial charge in [0.15, 0.2) is 0 Å². The van der Waals surface area contributed by atoms with E-state index in [1.54, 1.807) is 12.1 Å². The summed E-state index contributed by atoms with van der Waals surface area (Å²) in [5, 5.41) is 18.1. The maximum atomic E-state index is 13.5. The van der Waals surface area contributed by atoms with Crippen LogP contribution in [0.2, 0.25) is 5.02 Å². The molecule has 1 aliphatic carbocycles. The van der Waals surface area contributed by atoms with Crippen LogP contribution in [-0.2, 0) is 10.4 Å². The SMILES string of the molecule is CC1(C)CN(C(=O)[C@H]2CCC[C@H]2NC(=O)Nc2ccccc2)CCC1(O)c1ccc(Cl)cc1. The Balaban J connectivity index is 1.41. The lowest BCUT2D eigenvalue weighted by molar-refractivity contribution is -0.156. The van der Waals surface area contributed by atoms with Gasteiger partial charge in [0.25, 0.3) is 0 Å². The molecule has 6 nitrogen and oxygen atoms in total. The largest absolute Gasteiger partial charge is 0.384 e. The van der Waals surface area contributed by atoms with E-state index in [-0.39, 0.29) is 23.9 Å². The van der Waals surface area contributed by atoms with Crippen molar-refractivity contribution < 1.29 is 14.7 Å². The van der Waals surface area contributed by atoms with Gasteiger partial charge in [-0.15, -0.1) is 0 Å². The fourth-order valence-electron chi connectivity index (χ4n) is 5.29. The van der Waals surface area contributed by atoms with E-state index in [0.29, 0.717) is 24.5 Å². The number of nitrogens with one attached hydrogen (secondary N) is 2. The Bertz CT molecular complexity index is 996. The molecule has 0 aromatic heterocycles. The van der Waals surface area contributed by atoms with Crippen molar-refractivity contribution in [3.63, 3.8) is 0 Å². The molecule has 2 fully saturated rings. The van der Waals surface area contributed by atoms with Gasteiger partial charge in [0, 0.05) is 35.3 Å². The number of piperidine rings is 1. The zero-order valence-electron chi connectivity index (χ0n) is 19.2. The second-order valence-electron chi connectivity index (χ2n) is 9.87. The smallest absolute Gasteiger partial charge is 0.319 e. The number of carbonyl (C=O) groups excluding carboxylic acids is 2. The van der Waals surface area contributed by atoms with E-state index in [1.165, 1.54) is 0 Å². The summed E-state index contributed by atoms with van der Waals surface area (Å²) in [6.07, 6.45) is 2.89. The van der Waals surface area contributed by atoms with Gasteiger partial charge in [0.2, 0.25) is 5.91 Å². The molecule has 176 valence electrons. The van der Waals surface area contributed by atoms with Gasteiger partial charge in [-0.1, -0.05) is 62.2 Å². The van der Waals surface area contributed by atoms with Gasteiger partial charge in [-0.3, -0.25) is 4.79 Å². The molecule has 1 heterocycles. The molecular formula is C26H32ClN3O3. The molecule has 3 atom stereocenters. The average molecular weight is 470 g/mol. The zero-order valence-corrected chi connectivity index (χ0v) is 19.9. The number of rotatable bonds is 4. The summed E-state index contributed by atoms with van der Waals surface area (Å²) in [4.78, 5) is 27.8. The maximum absolute atomic E-state index is 13.5. The molecule has 1 unspecified atom stereocenters. The molecule has 33 heavy (non-hydrogen) atoms. The number of hydrogen-bond donors (Lipinski definition) is 3. The summed E-state index contributed by atoms with van der Waals surface area (Å²) in [6, 6.07) is 16.1. The maximum Gasteiger partial charge on any atom is 0.319 e. The lowest BCUT2D eigenvalue weighted by Crippen LogP contribution is -2.58. The van der Waals surface area contributed by atoms with Crippen LogP contribution in [0, 0.1) is 11.3 Å². The minimum Gasteiger partial charge on any atom is -0.384 e. The molecule has 2 aromatic carbocycles. The molecule has 0 radical (unpaired) electrons. The van der Waals surface area contributed by atoms with Crippen LogP contribution in [0.25, 0.3) is 0 Å². The van der Waals surface area contributed by atoms with Crippen LogP contribution in [0.1, 0.15) is 45.1 Å². The second-order valence-corrected chi connectivity index (χ2v) is 10.3. The third kappa shape index (κ3) is 4.87. The topological polar surface area (TPSA) is 81.7 Å². The van der Waals surface area contributed by atoms with Crippen LogP contribution >= 0.6 is 11.6 Å². The molecule has 0 bridgehead atoms. The van der Waals surface area contributed by atoms with Gasteiger partial charge in [0.05, 0.1) is 11.5 Å². The standard InChI is InChI=1S/C26H32ClN3O3/c1-25(2)17-30(16-15-26(25,33)18-11-13-19(27)14-12-18)23(31)21-9-6-10-22(21)29-24(32)28-20-7-4-3-5-8-20/h3-5,7-8,11-14,21-22,33H,6,9-10,15-17H2,1-2H3,(H2,28,29,32)/t21-,22+,26?/m0/s1. The Labute approximate surface area is 200 Å². The molecule has 3 N–H and O–H groups in total. The third-order valence-electron chi connectivity index (χ3n) is 7.26. The average Bonchev–Trinajstić information content (AvgIpc) is 3.24. The molecule has 1 saturated carbocycles. The van der Waals surface area contributed by atoms with Crippen molar-refractivity contribution in [1.29, 1.82) is 0 Å². The van der Waals surface area contributed by atoms with E-state index in [1.807, 2.05) is 61.2 Å². The van der Waals surface area contributed by atoms with E-state index in [4.69, 9.17) is 11.6 Å². The van der Waals surface area contributed by atoms with Gasteiger partial charge in [-0.25, -0.2) is 4.79 Å². The summed E-state index contributed by atoms with van der Waals surface area (Å²) >= 11 is 6.03. The van der Waals surface area contributed by atoms with Crippen molar-refractivity contribution >= 4 is 29.2 Å². The first-order valence-electron chi connectivity index (χ1n) is 11.6. The molecule has 1 saturated heterocycles. The van der Waals surface area contributed by atoms with Crippen molar-refractivity contribution in [2.24, 2.45) is 11.3 Å². The fourth-order valence-corrected chi connectivity index (χ4v) is 5.42. The Hall–Kier alpha value is -2.57. The highest BCUT2D eigenvalue weighted by molar-refractivity contribution is 6.30. The van der Waals surface area contributed by atoms with E-state index in [2.05, 4.69) is 10.6 Å². The zero-order chi connectivity index (χ0) is 23.6. The number of nitrogens with zero attached hydrogens (tertiary/aromatic N) is 1. The van der Waals surface area contributed by atoms with Gasteiger partial charge in [0.1, 0.15) is 0 Å². The minimum atomic E-state index is -1.04. The summed E-state index contributed by atoms with van der Waals surface area (Å²) in [6.45, 7) is 4.92. The lowest BCUT2D eigenvalue weighted by Gasteiger charge is -2.51. The number of carbonyl (C=O) groups is 2. The lowest BCUT2D eigenvalue weighted by atomic mass is 9.66. The van der Waals surface area contributed by atoms with Crippen LogP contribution in [0.15, 0.2) is 54.6 Å². The van der Waals surface area contributed by atoms with Gasteiger partial charge < -0.3 is 20.6 Å². The highest BCUT2D eigenvalue weighted by Crippen LogP contribution is 2.46. The second kappa shape index (κ2) is 9.35. The van der Waals surface area contributed by atoms with E-state index in [0.717, 1.165) is 30.5 Å². The highest BCUT2D eigenvalue weighted by Gasteiger charge is 2.50. The van der Waals surface area contributed by atoms with Crippen molar-refractivity contribution in [3.8, 4) is 0 Å². The first-order valence-corrected chi connectivity index (χ1v) is 12.0. The number of para-hydroxylation sites is 1. The molecule has 2 aromatic rings. The summed E-state index contributed by atoms with van der Waals surface area (Å²) < 4.78 is 0. The van der Waals surface area contributed by atoms with Gasteiger partial charge >= 0.3 is 6.03 Å². The molecule has 0 spiro atoms. The normalized spacial score (nSPS) is 26.6. The Kier molecular flexibility index (Phi) is 6.68. The predicted molar refractivity (Wildman–Crippen MR) is 130 cm³/mol. The number of halogens is 1. The molecule has 3 amide bonds. The van der Waals surface area contributed by atoms with Crippen molar-refractivity contribution in [2.45, 2.75) is 51.2 Å². The van der Waals surface area contributed by atoms with E-state index >= 15 is 0 Å². The monoisotopic (exact) mass is 469 g/mol. The first kappa shape index (κ1) is 23.6. The van der Waals surface area contributed by atoms with E-state index < -0.39 is 11.0 Å². The highest BCUT2D eigenvalue weighted by atomic mass is 35.5. The van der Waals surface area contributed by atoms with Crippen LogP contribution in [0.3, 0.4) is 0 Å². The molecule has 4 rings (SSSR count). The van der Waals surface area contributed by atoms with Crippen molar-refractivity contribution in [2.75, 3.05) is 18.4 Å². The molecular weight excluding hydrogens is 438 g/mol. The molecule has 2 aliphatic rings. The van der Waals surface area contributed by atoms with Crippen LogP contribution in [0.4, 0.5) is 10.5 Å². The number of benzene rings is 2. The Morgan fingerprint density at radius 3 is 2.42 bits per heavy atom. The van der Waals surface area contributed by atoms with Crippen LogP contribution < -0.4 is 10.6 Å². The Morgan fingerprint density at radius 2 is 1.76 bits per heavy atom. The Morgan fingerprint density at radius 1 is 1.06 bits per heavy atom. The molecule has 7 heteroatoms. The van der Waals surface area contributed by atoms with Crippen LogP contribution in [0.5, 0.6) is 0 Å². The number of likely N-dealkylation sites (tertiary alicyclic amines) is 1. The molecule has 1 aliphatic heterocycles. The number of amides is 3. The summed E-state index contributed by atoms with van der Waals surface area (Å²) in [5.41, 5.74) is -0.0461. The number of urea groups is 1. The minimum absolute atomic E-state index is 0.0590. The fraction of sp³-hybridized carbons (Fsp3) is 0.462. The van der Waals surface area contributed by atoms with Crippen molar-refractivity contribution in [3.05, 3.63) is 65.2 Å². The summed E-state index contributed by atoms with van der Waals surface area (Å²) in [5.74, 6) is -0.187.